The zero-order chi connectivity index (χ0) is 21.5. The Hall–Kier alpha value is -1.04. The minimum absolute atomic E-state index is 0. The van der Waals surface area contributed by atoms with Crippen molar-refractivity contribution in [1.29, 1.82) is 0 Å². The van der Waals surface area contributed by atoms with E-state index in [1.807, 2.05) is 6.07 Å². The highest BCUT2D eigenvalue weighted by Gasteiger charge is 2.24. The molecule has 1 N–H and O–H groups in total. The predicted octanol–water partition coefficient (Wildman–Crippen LogP) is 5.52. The molecule has 1 atom stereocenters. The Bertz CT molecular complexity index is 882. The lowest BCUT2D eigenvalue weighted by Crippen LogP contribution is -2.46. The van der Waals surface area contributed by atoms with Crippen LogP contribution in [0.25, 0.3) is 0 Å². The number of anilines is 1. The van der Waals surface area contributed by atoms with E-state index in [0.717, 1.165) is 52.0 Å². The second-order valence-corrected chi connectivity index (χ2v) is 8.90. The highest BCUT2D eigenvalue weighted by molar-refractivity contribution is 8.93. The van der Waals surface area contributed by atoms with Crippen LogP contribution in [-0.4, -0.2) is 66.8 Å². The summed E-state index contributed by atoms with van der Waals surface area (Å²) in [6, 6.07) is 17.0. The number of aryl methyl sites for hydroxylation is 1. The maximum Gasteiger partial charge on any atom is 0.115 e. The molecule has 0 aromatic heterocycles. The summed E-state index contributed by atoms with van der Waals surface area (Å²) in [6.45, 7) is 7.47. The quantitative estimate of drug-likeness (QED) is 0.299. The van der Waals surface area contributed by atoms with Crippen LogP contribution in [0.1, 0.15) is 30.4 Å². The van der Waals surface area contributed by atoms with Gasteiger partial charge in [-0.2, -0.15) is 0 Å². The minimum Gasteiger partial charge on any atom is -0.508 e. The van der Waals surface area contributed by atoms with E-state index in [1.54, 1.807) is 6.07 Å². The smallest absolute Gasteiger partial charge is 0.115 e. The van der Waals surface area contributed by atoms with E-state index in [4.69, 9.17) is 6.42 Å². The number of hydrogen-bond acceptors (Lipinski definition) is 4. The molecule has 2 aliphatic rings. The number of phenols is 1. The molecule has 1 aliphatic carbocycles. The molecule has 2 aromatic rings. The van der Waals surface area contributed by atoms with Gasteiger partial charge in [-0.05, 0) is 80.6 Å². The molecule has 0 radical (unpaired) electrons. The van der Waals surface area contributed by atoms with Gasteiger partial charge in [0.2, 0.25) is 0 Å². The number of terminal acetylenes is 1. The topological polar surface area (TPSA) is 30.0 Å². The summed E-state index contributed by atoms with van der Waals surface area (Å²) in [5, 5.41) is 9.84. The largest absolute Gasteiger partial charge is 0.508 e. The normalized spacial score (nSPS) is 17.5. The third-order valence-corrected chi connectivity index (χ3v) is 6.87. The van der Waals surface area contributed by atoms with Gasteiger partial charge < -0.3 is 10.0 Å². The Labute approximate surface area is 237 Å². The van der Waals surface area contributed by atoms with Crippen LogP contribution in [0, 0.1) is 12.3 Å². The number of aromatic hydroxyl groups is 1. The fraction of sp³-hybridized carbons (Fsp3) is 0.481. The van der Waals surface area contributed by atoms with Crippen LogP contribution in [0.4, 0.5) is 5.69 Å². The SMILES string of the molecule is Br.Br.Br.C#CCN(CCCCN1CCN(c2ccccc2)CC1)[C@H]1CCc2ccc(O)cc2C1. The zero-order valence-corrected chi connectivity index (χ0v) is 24.9. The molecular weight excluding hydrogens is 622 g/mol. The molecule has 0 bridgehead atoms. The monoisotopic (exact) mass is 657 g/mol. The van der Waals surface area contributed by atoms with Gasteiger partial charge in [-0.3, -0.25) is 9.80 Å². The van der Waals surface area contributed by atoms with Crippen molar-refractivity contribution in [2.45, 2.75) is 38.1 Å². The summed E-state index contributed by atoms with van der Waals surface area (Å²) in [4.78, 5) is 7.58. The lowest BCUT2D eigenvalue weighted by Gasteiger charge is -2.36. The fourth-order valence-corrected chi connectivity index (χ4v) is 5.06. The molecule has 7 heteroatoms. The first kappa shape index (κ1) is 31.0. The zero-order valence-electron chi connectivity index (χ0n) is 19.8. The molecule has 2 aromatic carbocycles. The Morgan fingerprint density at radius 2 is 1.68 bits per heavy atom. The van der Waals surface area contributed by atoms with Crippen molar-refractivity contribution in [3.63, 3.8) is 0 Å². The van der Waals surface area contributed by atoms with Crippen molar-refractivity contribution in [3.05, 3.63) is 59.7 Å². The number of benzene rings is 2. The molecule has 0 unspecified atom stereocenters. The second kappa shape index (κ2) is 15.9. The van der Waals surface area contributed by atoms with Gasteiger partial charge in [0, 0.05) is 37.9 Å². The van der Waals surface area contributed by atoms with Crippen molar-refractivity contribution in [2.24, 2.45) is 0 Å². The first-order chi connectivity index (χ1) is 15.2. The molecule has 4 rings (SSSR count). The summed E-state index contributed by atoms with van der Waals surface area (Å²) in [7, 11) is 0. The maximum absolute atomic E-state index is 9.84. The molecule has 0 spiro atoms. The van der Waals surface area contributed by atoms with E-state index in [1.165, 1.54) is 36.2 Å². The number of rotatable bonds is 8. The predicted molar refractivity (Wildman–Crippen MR) is 160 cm³/mol. The van der Waals surface area contributed by atoms with Gasteiger partial charge in [-0.15, -0.1) is 57.4 Å². The van der Waals surface area contributed by atoms with Gasteiger partial charge in [-0.1, -0.05) is 30.2 Å². The average Bonchev–Trinajstić information content (AvgIpc) is 2.81. The van der Waals surface area contributed by atoms with Gasteiger partial charge >= 0.3 is 0 Å². The summed E-state index contributed by atoms with van der Waals surface area (Å²) < 4.78 is 0. The Morgan fingerprint density at radius 1 is 0.941 bits per heavy atom. The number of fused-ring (bicyclic) bond motifs is 1. The van der Waals surface area contributed by atoms with Crippen molar-refractivity contribution in [3.8, 4) is 18.1 Å². The van der Waals surface area contributed by atoms with Crippen LogP contribution < -0.4 is 4.90 Å². The highest BCUT2D eigenvalue weighted by Crippen LogP contribution is 2.27. The van der Waals surface area contributed by atoms with E-state index in [-0.39, 0.29) is 50.9 Å². The number of hydrogen-bond donors (Lipinski definition) is 1. The summed E-state index contributed by atoms with van der Waals surface area (Å²) in [5.74, 6) is 3.24. The molecule has 4 nitrogen and oxygen atoms in total. The van der Waals surface area contributed by atoms with Crippen molar-refractivity contribution >= 4 is 56.6 Å². The first-order valence-electron chi connectivity index (χ1n) is 11.7. The molecule has 0 amide bonds. The van der Waals surface area contributed by atoms with Gasteiger partial charge in [0.1, 0.15) is 5.75 Å². The number of unbranched alkanes of at least 4 members (excludes halogenated alkanes) is 1. The Kier molecular flexibility index (Phi) is 14.4. The minimum atomic E-state index is 0. The average molecular weight is 660 g/mol. The summed E-state index contributed by atoms with van der Waals surface area (Å²) in [5.41, 5.74) is 4.01. The number of para-hydroxylation sites is 1. The molecule has 188 valence electrons. The fourth-order valence-electron chi connectivity index (χ4n) is 5.06. The van der Waals surface area contributed by atoms with Crippen molar-refractivity contribution < 1.29 is 5.11 Å². The van der Waals surface area contributed by atoms with Crippen LogP contribution in [0.2, 0.25) is 0 Å². The lowest BCUT2D eigenvalue weighted by molar-refractivity contribution is 0.190. The van der Waals surface area contributed by atoms with Crippen molar-refractivity contribution in [1.82, 2.24) is 9.80 Å². The van der Waals surface area contributed by atoms with Gasteiger partial charge in [-0.25, -0.2) is 0 Å². The molecule has 34 heavy (non-hydrogen) atoms. The molecule has 1 fully saturated rings. The molecule has 1 saturated heterocycles. The number of phenolic OH excluding ortho intramolecular Hbond substituents is 1. The van der Waals surface area contributed by atoms with Crippen LogP contribution in [0.15, 0.2) is 48.5 Å². The molecule has 0 saturated carbocycles. The van der Waals surface area contributed by atoms with Crippen LogP contribution >= 0.6 is 50.9 Å². The van der Waals surface area contributed by atoms with Crippen molar-refractivity contribution in [2.75, 3.05) is 50.7 Å². The molecule has 1 heterocycles. The van der Waals surface area contributed by atoms with E-state index in [9.17, 15) is 5.11 Å². The summed E-state index contributed by atoms with van der Waals surface area (Å²) >= 11 is 0. The lowest BCUT2D eigenvalue weighted by atomic mass is 9.87. The molecule has 1 aliphatic heterocycles. The van der Waals surface area contributed by atoms with Crippen LogP contribution in [-0.2, 0) is 12.8 Å². The Morgan fingerprint density at radius 3 is 2.38 bits per heavy atom. The standard InChI is InChI=1S/C27H35N3O.3BrH/c1-2-14-29(26-12-10-23-11-13-27(31)22-24(23)21-26)16-7-6-15-28-17-19-30(20-18-28)25-8-4-3-5-9-25;;;/h1,3-5,8-9,11,13,22,26,31H,6-7,10,12,14-21H2;3*1H/t26-;;;/m0.../s1. The van der Waals surface area contributed by atoms with Crippen LogP contribution in [0.3, 0.4) is 0 Å². The number of piperazine rings is 1. The van der Waals surface area contributed by atoms with Gasteiger partial charge in [0.05, 0.1) is 6.54 Å². The van der Waals surface area contributed by atoms with E-state index in [0.29, 0.717) is 18.3 Å². The third kappa shape index (κ3) is 8.57. The third-order valence-electron chi connectivity index (χ3n) is 6.87. The van der Waals surface area contributed by atoms with E-state index < -0.39 is 0 Å². The highest BCUT2D eigenvalue weighted by atomic mass is 79.9. The summed E-state index contributed by atoms with van der Waals surface area (Å²) in [6.07, 6.45) is 11.3. The van der Waals surface area contributed by atoms with Crippen LogP contribution in [0.5, 0.6) is 5.75 Å². The van der Waals surface area contributed by atoms with Gasteiger partial charge in [0.15, 0.2) is 0 Å². The molecular formula is C27H38Br3N3O. The number of nitrogens with zero attached hydrogens (tertiary/aromatic N) is 3. The maximum atomic E-state index is 9.84. The van der Waals surface area contributed by atoms with Gasteiger partial charge in [0.25, 0.3) is 0 Å². The van der Waals surface area contributed by atoms with E-state index >= 15 is 0 Å². The van der Waals surface area contributed by atoms with E-state index in [2.05, 4.69) is 57.0 Å². The second-order valence-electron chi connectivity index (χ2n) is 8.90. The Balaban J connectivity index is 0.00000193. The first-order valence-corrected chi connectivity index (χ1v) is 11.7. The number of halogens is 3.